The van der Waals surface area contributed by atoms with Crippen LogP contribution in [0.15, 0.2) is 47.4 Å². The van der Waals surface area contributed by atoms with Crippen LogP contribution in [0.2, 0.25) is 5.02 Å². The summed E-state index contributed by atoms with van der Waals surface area (Å²) in [6.45, 7) is 6.50. The molecule has 0 aromatic heterocycles. The fourth-order valence-corrected chi connectivity index (χ4v) is 4.53. The van der Waals surface area contributed by atoms with Gasteiger partial charge < -0.3 is 0 Å². The number of fused-ring (bicyclic) bond motifs is 1. The van der Waals surface area contributed by atoms with Gasteiger partial charge in [-0.1, -0.05) is 35.9 Å². The first-order chi connectivity index (χ1) is 12.6. The van der Waals surface area contributed by atoms with Crippen LogP contribution in [-0.2, 0) is 16.6 Å². The van der Waals surface area contributed by atoms with Crippen molar-refractivity contribution in [1.29, 1.82) is 0 Å². The number of nitrogens with two attached hydrogens (primary N) is 1. The monoisotopic (exact) mass is 407 g/mol. The molecular formula is C19H22ClN3O3S. The highest BCUT2D eigenvalue weighted by molar-refractivity contribution is 7.89. The minimum absolute atomic E-state index is 0.00732. The summed E-state index contributed by atoms with van der Waals surface area (Å²) in [7, 11) is -4.03. The normalized spacial score (nSPS) is 17.2. The standard InChI is InChI=1S/C19H22ClN3O3S/c1-12(2)23(22-11-15-6-4-5-7-16(15)13(22)3)19(24)14-8-9-17(20)18(10-14)27(21,25)26/h4-10,12-13H,11H2,1-3H3,(H2,21,25,26). The van der Waals surface area contributed by atoms with Crippen molar-refractivity contribution >= 4 is 27.5 Å². The molecule has 2 aromatic rings. The SMILES string of the molecule is CC1c2ccccc2CN1N(C(=O)c1ccc(Cl)c(S(N)(=O)=O)c1)C(C)C. The molecule has 1 heterocycles. The van der Waals surface area contributed by atoms with Crippen LogP contribution in [0.4, 0.5) is 0 Å². The lowest BCUT2D eigenvalue weighted by Gasteiger charge is -2.38. The summed E-state index contributed by atoms with van der Waals surface area (Å²) in [6.07, 6.45) is 0. The van der Waals surface area contributed by atoms with Gasteiger partial charge in [-0.05, 0) is 50.1 Å². The van der Waals surface area contributed by atoms with Gasteiger partial charge in [-0.2, -0.15) is 0 Å². The summed E-state index contributed by atoms with van der Waals surface area (Å²) in [6, 6.07) is 12.1. The number of hydrogen-bond donors (Lipinski definition) is 1. The summed E-state index contributed by atoms with van der Waals surface area (Å²) in [4.78, 5) is 13.0. The van der Waals surface area contributed by atoms with Crippen molar-refractivity contribution in [2.75, 3.05) is 0 Å². The minimum atomic E-state index is -4.03. The predicted molar refractivity (Wildman–Crippen MR) is 105 cm³/mol. The Kier molecular flexibility index (Phi) is 5.31. The molecular weight excluding hydrogens is 386 g/mol. The van der Waals surface area contributed by atoms with E-state index < -0.39 is 10.0 Å². The zero-order chi connectivity index (χ0) is 19.9. The van der Waals surface area contributed by atoms with Crippen LogP contribution in [0.5, 0.6) is 0 Å². The molecule has 0 saturated carbocycles. The Morgan fingerprint density at radius 2 is 1.93 bits per heavy atom. The topological polar surface area (TPSA) is 83.7 Å². The van der Waals surface area contributed by atoms with Gasteiger partial charge in [0.15, 0.2) is 0 Å². The zero-order valence-electron chi connectivity index (χ0n) is 15.4. The van der Waals surface area contributed by atoms with E-state index >= 15 is 0 Å². The molecule has 3 rings (SSSR count). The third-order valence-electron chi connectivity index (χ3n) is 4.74. The molecule has 1 atom stereocenters. The Bertz CT molecular complexity index is 991. The Hall–Kier alpha value is -1.93. The van der Waals surface area contributed by atoms with Gasteiger partial charge in [0, 0.05) is 18.2 Å². The summed E-state index contributed by atoms with van der Waals surface area (Å²) in [5, 5.41) is 8.88. The van der Waals surface area contributed by atoms with Crippen molar-refractivity contribution in [3.63, 3.8) is 0 Å². The van der Waals surface area contributed by atoms with E-state index in [1.54, 1.807) is 5.01 Å². The number of hydrazine groups is 1. The Labute approximate surface area is 164 Å². The fourth-order valence-electron chi connectivity index (χ4n) is 3.46. The molecule has 0 fully saturated rings. The molecule has 1 aliphatic rings. The molecule has 1 amide bonds. The first-order valence-electron chi connectivity index (χ1n) is 8.61. The van der Waals surface area contributed by atoms with Crippen LogP contribution in [0.1, 0.15) is 48.3 Å². The molecule has 144 valence electrons. The van der Waals surface area contributed by atoms with E-state index in [0.29, 0.717) is 6.54 Å². The molecule has 2 N–H and O–H groups in total. The number of carbonyl (C=O) groups excluding carboxylic acids is 1. The second-order valence-corrected chi connectivity index (χ2v) is 8.84. The number of halogens is 1. The van der Waals surface area contributed by atoms with E-state index in [1.165, 1.54) is 29.3 Å². The second kappa shape index (κ2) is 7.24. The molecule has 2 aromatic carbocycles. The maximum atomic E-state index is 13.3. The molecule has 8 heteroatoms. The van der Waals surface area contributed by atoms with Gasteiger partial charge in [0.25, 0.3) is 5.91 Å². The fraction of sp³-hybridized carbons (Fsp3) is 0.316. The number of amides is 1. The quantitative estimate of drug-likeness (QED) is 0.842. The lowest BCUT2D eigenvalue weighted by Crippen LogP contribution is -2.49. The van der Waals surface area contributed by atoms with Crippen molar-refractivity contribution in [3.8, 4) is 0 Å². The van der Waals surface area contributed by atoms with Gasteiger partial charge in [0.2, 0.25) is 10.0 Å². The maximum Gasteiger partial charge on any atom is 0.268 e. The zero-order valence-corrected chi connectivity index (χ0v) is 17.0. The summed E-state index contributed by atoms with van der Waals surface area (Å²) >= 11 is 5.94. The number of hydrogen-bond acceptors (Lipinski definition) is 4. The largest absolute Gasteiger partial charge is 0.268 e. The van der Waals surface area contributed by atoms with Crippen LogP contribution in [0.25, 0.3) is 0 Å². The van der Waals surface area contributed by atoms with Gasteiger partial charge in [-0.25, -0.2) is 18.6 Å². The molecule has 1 aliphatic heterocycles. The number of primary sulfonamides is 1. The third kappa shape index (κ3) is 3.73. The van der Waals surface area contributed by atoms with E-state index in [0.717, 1.165) is 0 Å². The molecule has 0 bridgehead atoms. The van der Waals surface area contributed by atoms with Gasteiger partial charge in [0.05, 0.1) is 11.1 Å². The van der Waals surface area contributed by atoms with Crippen LogP contribution in [0, 0.1) is 0 Å². The molecule has 0 radical (unpaired) electrons. The molecule has 27 heavy (non-hydrogen) atoms. The van der Waals surface area contributed by atoms with Gasteiger partial charge in [-0.15, -0.1) is 0 Å². The van der Waals surface area contributed by atoms with Gasteiger partial charge in [-0.3, -0.25) is 9.80 Å². The number of benzene rings is 2. The molecule has 0 aliphatic carbocycles. The van der Waals surface area contributed by atoms with E-state index in [-0.39, 0.29) is 33.5 Å². The highest BCUT2D eigenvalue weighted by Gasteiger charge is 2.35. The van der Waals surface area contributed by atoms with Crippen LogP contribution in [-0.4, -0.2) is 30.4 Å². The van der Waals surface area contributed by atoms with Crippen molar-refractivity contribution in [2.24, 2.45) is 5.14 Å². The third-order valence-corrected chi connectivity index (χ3v) is 6.14. The van der Waals surface area contributed by atoms with Gasteiger partial charge in [0.1, 0.15) is 4.90 Å². The van der Waals surface area contributed by atoms with Crippen molar-refractivity contribution in [3.05, 3.63) is 64.2 Å². The number of carbonyl (C=O) groups is 1. The van der Waals surface area contributed by atoms with E-state index in [4.69, 9.17) is 16.7 Å². The predicted octanol–water partition coefficient (Wildman–Crippen LogP) is 3.33. The average Bonchev–Trinajstić information content (AvgIpc) is 2.91. The minimum Gasteiger partial charge on any atom is -0.268 e. The average molecular weight is 408 g/mol. The van der Waals surface area contributed by atoms with E-state index in [9.17, 15) is 13.2 Å². The van der Waals surface area contributed by atoms with Crippen LogP contribution < -0.4 is 5.14 Å². The van der Waals surface area contributed by atoms with Crippen molar-refractivity contribution in [1.82, 2.24) is 10.0 Å². The Morgan fingerprint density at radius 3 is 2.52 bits per heavy atom. The van der Waals surface area contributed by atoms with Crippen LogP contribution >= 0.6 is 11.6 Å². The smallest absolute Gasteiger partial charge is 0.268 e. The Balaban J connectivity index is 1.99. The summed E-state index contributed by atoms with van der Waals surface area (Å²) in [5.74, 6) is -0.300. The van der Waals surface area contributed by atoms with Crippen molar-refractivity contribution < 1.29 is 13.2 Å². The highest BCUT2D eigenvalue weighted by atomic mass is 35.5. The van der Waals surface area contributed by atoms with E-state index in [2.05, 4.69) is 12.1 Å². The molecule has 1 unspecified atom stereocenters. The number of nitrogens with zero attached hydrogens (tertiary/aromatic N) is 2. The second-order valence-electron chi connectivity index (χ2n) is 6.91. The maximum absolute atomic E-state index is 13.3. The van der Waals surface area contributed by atoms with Crippen molar-refractivity contribution in [2.45, 2.75) is 44.3 Å². The Morgan fingerprint density at radius 1 is 1.26 bits per heavy atom. The summed E-state index contributed by atoms with van der Waals surface area (Å²) < 4.78 is 23.5. The number of rotatable bonds is 4. The first-order valence-corrected chi connectivity index (χ1v) is 10.5. The number of sulfonamides is 1. The van der Waals surface area contributed by atoms with Gasteiger partial charge >= 0.3 is 0 Å². The highest BCUT2D eigenvalue weighted by Crippen LogP contribution is 2.35. The summed E-state index contributed by atoms with van der Waals surface area (Å²) in [5.41, 5.74) is 2.57. The van der Waals surface area contributed by atoms with Crippen LogP contribution in [0.3, 0.4) is 0 Å². The lowest BCUT2D eigenvalue weighted by atomic mass is 10.1. The first kappa shape index (κ1) is 19.8. The molecule has 6 nitrogen and oxygen atoms in total. The van der Waals surface area contributed by atoms with E-state index in [1.807, 2.05) is 37.9 Å². The molecule has 0 spiro atoms. The lowest BCUT2D eigenvalue weighted by molar-refractivity contribution is -0.0502. The molecule has 0 saturated heterocycles.